The van der Waals surface area contributed by atoms with Crippen molar-refractivity contribution in [3.8, 4) is 0 Å². The molecule has 1 aliphatic carbocycles. The van der Waals surface area contributed by atoms with Crippen molar-refractivity contribution in [3.63, 3.8) is 0 Å². The molecule has 164 valence electrons. The van der Waals surface area contributed by atoms with Gasteiger partial charge in [0.1, 0.15) is 0 Å². The number of nitrogens with zero attached hydrogens (tertiary/aromatic N) is 2. The van der Waals surface area contributed by atoms with Crippen LogP contribution in [-0.4, -0.2) is 60.4 Å². The molecule has 30 heavy (non-hydrogen) atoms. The number of rotatable bonds is 6. The highest BCUT2D eigenvalue weighted by Gasteiger charge is 2.32. The van der Waals surface area contributed by atoms with Crippen LogP contribution in [0.1, 0.15) is 51.0 Å². The molecule has 0 spiro atoms. The number of piperidine rings is 1. The van der Waals surface area contributed by atoms with Crippen LogP contribution in [0.4, 0.5) is 0 Å². The lowest BCUT2D eigenvalue weighted by Crippen LogP contribution is -2.51. The topological polar surface area (TPSA) is 52.6 Å². The molecular formula is C24H34ClN3O2. The smallest absolute Gasteiger partial charge is 0.244 e. The molecule has 1 aliphatic heterocycles. The minimum atomic E-state index is -0.274. The Bertz CT molecular complexity index is 759. The van der Waals surface area contributed by atoms with Gasteiger partial charge in [-0.25, -0.2) is 0 Å². The predicted molar refractivity (Wildman–Crippen MR) is 122 cm³/mol. The van der Waals surface area contributed by atoms with Crippen LogP contribution in [0, 0.1) is 5.92 Å². The number of hydrogen-bond donors (Lipinski definition) is 1. The van der Waals surface area contributed by atoms with Crippen molar-refractivity contribution in [1.82, 2.24) is 15.1 Å². The molecule has 2 atom stereocenters. The predicted octanol–water partition coefficient (Wildman–Crippen LogP) is 3.97. The number of halogens is 1. The van der Waals surface area contributed by atoms with Crippen molar-refractivity contribution >= 4 is 29.5 Å². The lowest BCUT2D eigenvalue weighted by atomic mass is 9.84. The summed E-state index contributed by atoms with van der Waals surface area (Å²) in [5, 5.41) is 3.32. The fourth-order valence-corrected chi connectivity index (χ4v) is 5.01. The zero-order valence-electron chi connectivity index (χ0n) is 18.1. The van der Waals surface area contributed by atoms with E-state index in [9.17, 15) is 9.59 Å². The molecule has 3 rings (SSSR count). The molecule has 1 aromatic carbocycles. The van der Waals surface area contributed by atoms with Crippen molar-refractivity contribution < 1.29 is 9.59 Å². The summed E-state index contributed by atoms with van der Waals surface area (Å²) in [5.74, 6) is 0.481. The first kappa shape index (κ1) is 22.8. The Balaban J connectivity index is 1.40. The zero-order valence-corrected chi connectivity index (χ0v) is 18.9. The van der Waals surface area contributed by atoms with Crippen LogP contribution in [0.25, 0.3) is 6.08 Å². The summed E-state index contributed by atoms with van der Waals surface area (Å²) in [4.78, 5) is 29.0. The van der Waals surface area contributed by atoms with Crippen molar-refractivity contribution in [2.45, 2.75) is 57.5 Å². The van der Waals surface area contributed by atoms with E-state index >= 15 is 0 Å². The van der Waals surface area contributed by atoms with Gasteiger partial charge in [0.25, 0.3) is 0 Å². The highest BCUT2D eigenvalue weighted by Crippen LogP contribution is 2.30. The average Bonchev–Trinajstić information content (AvgIpc) is 2.76. The van der Waals surface area contributed by atoms with E-state index in [0.29, 0.717) is 17.1 Å². The summed E-state index contributed by atoms with van der Waals surface area (Å²) in [7, 11) is 2.26. The number of hydrogen-bond acceptors (Lipinski definition) is 3. The SMILES string of the molecule is C[C@H]1CCCC[C@H]1N(C)C1CCN(C(=O)CNC(=O)/C=C/c2cccc(Cl)c2)CC1. The second kappa shape index (κ2) is 11.0. The van der Waals surface area contributed by atoms with Gasteiger partial charge in [-0.3, -0.25) is 9.59 Å². The van der Waals surface area contributed by atoms with Gasteiger partial charge < -0.3 is 15.1 Å². The van der Waals surface area contributed by atoms with Crippen molar-refractivity contribution in [2.75, 3.05) is 26.7 Å². The normalized spacial score (nSPS) is 23.1. The van der Waals surface area contributed by atoms with E-state index < -0.39 is 0 Å². The molecule has 6 heteroatoms. The second-order valence-electron chi connectivity index (χ2n) is 8.71. The van der Waals surface area contributed by atoms with Crippen LogP contribution in [0.15, 0.2) is 30.3 Å². The Hall–Kier alpha value is -1.85. The molecule has 1 saturated heterocycles. The number of carbonyl (C=O) groups is 2. The first-order chi connectivity index (χ1) is 14.4. The summed E-state index contributed by atoms with van der Waals surface area (Å²) in [6.45, 7) is 3.95. The maximum absolute atomic E-state index is 12.5. The van der Waals surface area contributed by atoms with Gasteiger partial charge in [0.15, 0.2) is 0 Å². The summed E-state index contributed by atoms with van der Waals surface area (Å²) < 4.78 is 0. The lowest BCUT2D eigenvalue weighted by Gasteiger charge is -2.44. The van der Waals surface area contributed by atoms with Gasteiger partial charge in [0, 0.05) is 36.3 Å². The number of likely N-dealkylation sites (tertiary alicyclic amines) is 1. The molecule has 0 aromatic heterocycles. The van der Waals surface area contributed by atoms with Gasteiger partial charge in [-0.05, 0) is 62.4 Å². The molecule has 0 unspecified atom stereocenters. The van der Waals surface area contributed by atoms with E-state index in [2.05, 4.69) is 24.2 Å². The van der Waals surface area contributed by atoms with E-state index in [4.69, 9.17) is 11.6 Å². The summed E-state index contributed by atoms with van der Waals surface area (Å²) in [6.07, 6.45) is 10.5. The fraction of sp³-hybridized carbons (Fsp3) is 0.583. The molecular weight excluding hydrogens is 398 g/mol. The van der Waals surface area contributed by atoms with E-state index in [-0.39, 0.29) is 18.4 Å². The third kappa shape index (κ3) is 6.32. The van der Waals surface area contributed by atoms with E-state index in [0.717, 1.165) is 37.4 Å². The molecule has 1 heterocycles. The van der Waals surface area contributed by atoms with Crippen LogP contribution in [0.3, 0.4) is 0 Å². The third-order valence-corrected chi connectivity index (χ3v) is 6.91. The number of benzene rings is 1. The quantitative estimate of drug-likeness (QED) is 0.693. The van der Waals surface area contributed by atoms with Crippen LogP contribution < -0.4 is 5.32 Å². The monoisotopic (exact) mass is 431 g/mol. The van der Waals surface area contributed by atoms with Crippen molar-refractivity contribution in [3.05, 3.63) is 40.9 Å². The first-order valence-corrected chi connectivity index (χ1v) is 11.5. The molecule has 2 fully saturated rings. The number of amides is 2. The Kier molecular flexibility index (Phi) is 8.34. The fourth-order valence-electron chi connectivity index (χ4n) is 4.81. The van der Waals surface area contributed by atoms with Gasteiger partial charge in [0.2, 0.25) is 11.8 Å². The number of carbonyl (C=O) groups excluding carboxylic acids is 2. The Morgan fingerprint density at radius 1 is 1.20 bits per heavy atom. The van der Waals surface area contributed by atoms with E-state index in [1.807, 2.05) is 17.0 Å². The van der Waals surface area contributed by atoms with E-state index in [1.165, 1.54) is 31.8 Å². The lowest BCUT2D eigenvalue weighted by molar-refractivity contribution is -0.133. The van der Waals surface area contributed by atoms with Gasteiger partial charge in [-0.2, -0.15) is 0 Å². The second-order valence-corrected chi connectivity index (χ2v) is 9.15. The standard InChI is InChI=1S/C24H34ClN3O2/c1-18-6-3-4-9-22(18)27(2)21-12-14-28(15-13-21)24(30)17-26-23(29)11-10-19-7-5-8-20(25)16-19/h5,7-8,10-11,16,18,21-22H,3-4,6,9,12-15,17H2,1-2H3,(H,26,29)/b11-10+/t18-,22+/m0/s1. The molecule has 2 aliphatic rings. The van der Waals surface area contributed by atoms with Crippen LogP contribution >= 0.6 is 11.6 Å². The number of nitrogens with one attached hydrogen (secondary N) is 1. The van der Waals surface area contributed by atoms with Crippen LogP contribution in [0.5, 0.6) is 0 Å². The molecule has 5 nitrogen and oxygen atoms in total. The molecule has 1 saturated carbocycles. The van der Waals surface area contributed by atoms with Crippen LogP contribution in [0.2, 0.25) is 5.02 Å². The van der Waals surface area contributed by atoms with Gasteiger partial charge >= 0.3 is 0 Å². The first-order valence-electron chi connectivity index (χ1n) is 11.1. The molecule has 1 aromatic rings. The maximum atomic E-state index is 12.5. The average molecular weight is 432 g/mol. The minimum absolute atomic E-state index is 0.00774. The largest absolute Gasteiger partial charge is 0.343 e. The zero-order chi connectivity index (χ0) is 21.5. The van der Waals surface area contributed by atoms with Crippen molar-refractivity contribution in [1.29, 1.82) is 0 Å². The summed E-state index contributed by atoms with van der Waals surface area (Å²) in [5.41, 5.74) is 0.849. The highest BCUT2D eigenvalue weighted by molar-refractivity contribution is 6.30. The Morgan fingerprint density at radius 3 is 2.63 bits per heavy atom. The summed E-state index contributed by atoms with van der Waals surface area (Å²) >= 11 is 5.94. The minimum Gasteiger partial charge on any atom is -0.343 e. The molecule has 0 radical (unpaired) electrons. The Labute approximate surface area is 185 Å². The maximum Gasteiger partial charge on any atom is 0.244 e. The van der Waals surface area contributed by atoms with Gasteiger partial charge in [0.05, 0.1) is 6.54 Å². The van der Waals surface area contributed by atoms with Crippen LogP contribution in [-0.2, 0) is 9.59 Å². The molecule has 2 amide bonds. The van der Waals surface area contributed by atoms with Gasteiger partial charge in [-0.1, -0.05) is 43.5 Å². The highest BCUT2D eigenvalue weighted by atomic mass is 35.5. The van der Waals surface area contributed by atoms with Gasteiger partial charge in [-0.15, -0.1) is 0 Å². The van der Waals surface area contributed by atoms with Crippen molar-refractivity contribution in [2.24, 2.45) is 5.92 Å². The molecule has 0 bridgehead atoms. The third-order valence-electron chi connectivity index (χ3n) is 6.67. The Morgan fingerprint density at radius 2 is 1.93 bits per heavy atom. The molecule has 1 N–H and O–H groups in total. The van der Waals surface area contributed by atoms with E-state index in [1.54, 1.807) is 18.2 Å². The summed E-state index contributed by atoms with van der Waals surface area (Å²) in [6, 6.07) is 8.50.